The normalized spacial score (nSPS) is 23.1. The highest BCUT2D eigenvalue weighted by atomic mass is 14.9. The van der Waals surface area contributed by atoms with Crippen molar-refractivity contribution in [2.45, 2.75) is 5.92 Å². The van der Waals surface area contributed by atoms with Gasteiger partial charge in [-0.1, -0.05) is 78.9 Å². The molecule has 1 heteroatoms. The van der Waals surface area contributed by atoms with Crippen LogP contribution in [0.2, 0.25) is 0 Å². The van der Waals surface area contributed by atoms with E-state index in [0.717, 1.165) is 11.4 Å². The van der Waals surface area contributed by atoms with Crippen molar-refractivity contribution in [3.63, 3.8) is 0 Å². The molecule has 0 bridgehead atoms. The fraction of sp³-hybridized carbons (Fsp3) is 0.120. The van der Waals surface area contributed by atoms with Crippen molar-refractivity contribution in [3.05, 3.63) is 114 Å². The van der Waals surface area contributed by atoms with Gasteiger partial charge in [0.2, 0.25) is 0 Å². The molecular formula is C25H21N. The highest BCUT2D eigenvalue weighted by Gasteiger charge is 2.48. The van der Waals surface area contributed by atoms with E-state index in [2.05, 4.69) is 102 Å². The lowest BCUT2D eigenvalue weighted by atomic mass is 10.00. The Morgan fingerprint density at radius 3 is 2.00 bits per heavy atom. The maximum absolute atomic E-state index is 3.46. The summed E-state index contributed by atoms with van der Waals surface area (Å²) in [5, 5.41) is 3.46. The average molecular weight is 335 g/mol. The third-order valence-electron chi connectivity index (χ3n) is 5.47. The number of para-hydroxylation sites is 1. The molecule has 3 atom stereocenters. The molecule has 3 aromatic rings. The van der Waals surface area contributed by atoms with E-state index in [1.807, 2.05) is 6.07 Å². The van der Waals surface area contributed by atoms with Gasteiger partial charge in [0.15, 0.2) is 0 Å². The van der Waals surface area contributed by atoms with Crippen LogP contribution >= 0.6 is 0 Å². The van der Waals surface area contributed by atoms with Gasteiger partial charge < -0.3 is 5.32 Å². The quantitative estimate of drug-likeness (QED) is 0.580. The topological polar surface area (TPSA) is 12.0 Å². The third-order valence-corrected chi connectivity index (χ3v) is 5.47. The molecule has 0 spiro atoms. The van der Waals surface area contributed by atoms with Crippen molar-refractivity contribution in [3.8, 4) is 0 Å². The van der Waals surface area contributed by atoms with Crippen LogP contribution in [0.4, 0.5) is 11.4 Å². The highest BCUT2D eigenvalue weighted by molar-refractivity contribution is 5.76. The Bertz CT molecular complexity index is 952. The zero-order chi connectivity index (χ0) is 17.3. The molecule has 3 unspecified atom stereocenters. The molecule has 1 N–H and O–H groups in total. The van der Waals surface area contributed by atoms with Gasteiger partial charge in [-0.15, -0.1) is 0 Å². The number of nitrogens with one attached hydrogen (secondary N) is 1. The van der Waals surface area contributed by atoms with Crippen molar-refractivity contribution >= 4 is 16.9 Å². The van der Waals surface area contributed by atoms with Crippen LogP contribution < -0.4 is 5.32 Å². The van der Waals surface area contributed by atoms with Crippen molar-refractivity contribution in [2.75, 3.05) is 5.32 Å². The summed E-state index contributed by atoms with van der Waals surface area (Å²) in [6.07, 6.45) is 7.15. The molecule has 1 saturated carbocycles. The minimum atomic E-state index is 0.623. The van der Waals surface area contributed by atoms with Crippen molar-refractivity contribution in [1.82, 2.24) is 0 Å². The molecule has 0 aliphatic heterocycles. The lowest BCUT2D eigenvalue weighted by Crippen LogP contribution is -1.90. The number of hydrogen-bond acceptors (Lipinski definition) is 1. The van der Waals surface area contributed by atoms with Gasteiger partial charge in [0.05, 0.1) is 0 Å². The minimum absolute atomic E-state index is 0.623. The molecule has 0 heterocycles. The predicted molar refractivity (Wildman–Crippen MR) is 109 cm³/mol. The lowest BCUT2D eigenvalue weighted by Gasteiger charge is -2.07. The Morgan fingerprint density at radius 2 is 1.27 bits per heavy atom. The van der Waals surface area contributed by atoms with Crippen molar-refractivity contribution in [2.24, 2.45) is 11.8 Å². The average Bonchev–Trinajstić information content (AvgIpc) is 3.43. The monoisotopic (exact) mass is 335 g/mol. The Labute approximate surface area is 154 Å². The first-order valence-corrected chi connectivity index (χ1v) is 9.26. The first kappa shape index (κ1) is 15.2. The smallest absolute Gasteiger partial charge is 0.0384 e. The molecule has 0 aromatic heterocycles. The van der Waals surface area contributed by atoms with Crippen molar-refractivity contribution in [1.29, 1.82) is 0 Å². The molecule has 3 aromatic carbocycles. The summed E-state index contributed by atoms with van der Waals surface area (Å²) in [6, 6.07) is 29.9. The maximum Gasteiger partial charge on any atom is 0.0384 e. The van der Waals surface area contributed by atoms with Crippen LogP contribution in [0.25, 0.3) is 5.57 Å². The standard InChI is InChI=1S/C25H21N/c1-3-7-18(8-4-1)20-13-16-23-24(17-20)25(23)19-11-14-22(15-12-19)26-21-9-5-2-6-10-21/h1-17,23-26H. The second kappa shape index (κ2) is 6.34. The van der Waals surface area contributed by atoms with Gasteiger partial charge in [-0.05, 0) is 58.7 Å². The van der Waals surface area contributed by atoms with E-state index < -0.39 is 0 Å². The number of benzene rings is 3. The molecule has 26 heavy (non-hydrogen) atoms. The van der Waals surface area contributed by atoms with E-state index in [-0.39, 0.29) is 0 Å². The highest BCUT2D eigenvalue weighted by Crippen LogP contribution is 2.58. The number of rotatable bonds is 4. The fourth-order valence-corrected chi connectivity index (χ4v) is 4.04. The number of anilines is 2. The molecule has 1 fully saturated rings. The molecule has 1 nitrogen and oxygen atoms in total. The molecule has 126 valence electrons. The second-order valence-electron chi connectivity index (χ2n) is 7.14. The van der Waals surface area contributed by atoms with E-state index in [1.54, 1.807) is 0 Å². The van der Waals surface area contributed by atoms with E-state index in [4.69, 9.17) is 0 Å². The van der Waals surface area contributed by atoms with E-state index in [9.17, 15) is 0 Å². The van der Waals surface area contributed by atoms with Gasteiger partial charge in [-0.3, -0.25) is 0 Å². The summed E-state index contributed by atoms with van der Waals surface area (Å²) in [5.41, 5.74) is 6.37. The molecular weight excluding hydrogens is 314 g/mol. The fourth-order valence-electron chi connectivity index (χ4n) is 4.04. The van der Waals surface area contributed by atoms with Crippen LogP contribution in [-0.4, -0.2) is 0 Å². The van der Waals surface area contributed by atoms with Crippen LogP contribution in [0.15, 0.2) is 103 Å². The summed E-state index contributed by atoms with van der Waals surface area (Å²) in [6.45, 7) is 0. The molecule has 0 saturated heterocycles. The Balaban J connectivity index is 1.32. The predicted octanol–water partition coefficient (Wildman–Crippen LogP) is 6.41. The second-order valence-corrected chi connectivity index (χ2v) is 7.14. The number of fused-ring (bicyclic) bond motifs is 1. The van der Waals surface area contributed by atoms with Crippen LogP contribution in [0.1, 0.15) is 17.0 Å². The Morgan fingerprint density at radius 1 is 0.615 bits per heavy atom. The van der Waals surface area contributed by atoms with Crippen LogP contribution in [-0.2, 0) is 0 Å². The largest absolute Gasteiger partial charge is 0.356 e. The molecule has 5 rings (SSSR count). The van der Waals surface area contributed by atoms with Gasteiger partial charge >= 0.3 is 0 Å². The maximum atomic E-state index is 3.46. The summed E-state index contributed by atoms with van der Waals surface area (Å²) in [7, 11) is 0. The Hall–Kier alpha value is -3.06. The molecule has 0 radical (unpaired) electrons. The number of hydrogen-bond donors (Lipinski definition) is 1. The first-order chi connectivity index (χ1) is 12.9. The minimum Gasteiger partial charge on any atom is -0.356 e. The van der Waals surface area contributed by atoms with Crippen LogP contribution in [0.3, 0.4) is 0 Å². The summed E-state index contributed by atoms with van der Waals surface area (Å²) in [4.78, 5) is 0. The van der Waals surface area contributed by atoms with Crippen molar-refractivity contribution < 1.29 is 0 Å². The lowest BCUT2D eigenvalue weighted by molar-refractivity contribution is 0.985. The van der Waals surface area contributed by atoms with Gasteiger partial charge in [0.25, 0.3) is 0 Å². The van der Waals surface area contributed by atoms with E-state index in [1.165, 1.54) is 16.7 Å². The molecule has 0 amide bonds. The Kier molecular flexibility index (Phi) is 3.71. The SMILES string of the molecule is C1=CC2C(C=C1c1ccccc1)C2c1ccc(Nc2ccccc2)cc1. The summed E-state index contributed by atoms with van der Waals surface area (Å²) in [5.74, 6) is 1.93. The van der Waals surface area contributed by atoms with E-state index in [0.29, 0.717) is 17.8 Å². The molecule has 2 aliphatic carbocycles. The number of allylic oxidation sites excluding steroid dienone is 4. The third kappa shape index (κ3) is 2.86. The van der Waals surface area contributed by atoms with Gasteiger partial charge in [-0.2, -0.15) is 0 Å². The van der Waals surface area contributed by atoms with Gasteiger partial charge in [-0.25, -0.2) is 0 Å². The van der Waals surface area contributed by atoms with Gasteiger partial charge in [0.1, 0.15) is 0 Å². The first-order valence-electron chi connectivity index (χ1n) is 9.26. The summed E-state index contributed by atoms with van der Waals surface area (Å²) < 4.78 is 0. The molecule has 2 aliphatic rings. The van der Waals surface area contributed by atoms with Gasteiger partial charge in [0, 0.05) is 11.4 Å². The zero-order valence-corrected chi connectivity index (χ0v) is 14.5. The van der Waals surface area contributed by atoms with Crippen LogP contribution in [0.5, 0.6) is 0 Å². The summed E-state index contributed by atoms with van der Waals surface area (Å²) >= 11 is 0. The van der Waals surface area contributed by atoms with Crippen LogP contribution in [0, 0.1) is 11.8 Å². The van der Waals surface area contributed by atoms with E-state index >= 15 is 0 Å². The zero-order valence-electron chi connectivity index (χ0n) is 14.5.